The van der Waals surface area contributed by atoms with E-state index in [1.807, 2.05) is 62.4 Å². The maximum absolute atomic E-state index is 4.87. The van der Waals surface area contributed by atoms with E-state index in [9.17, 15) is 0 Å². The van der Waals surface area contributed by atoms with Crippen LogP contribution in [0.4, 0.5) is 11.4 Å². The predicted octanol–water partition coefficient (Wildman–Crippen LogP) is 6.29. The lowest BCUT2D eigenvalue weighted by Gasteiger charge is -2.09. The number of aryl methyl sites for hydroxylation is 3. The van der Waals surface area contributed by atoms with Gasteiger partial charge < -0.3 is 0 Å². The summed E-state index contributed by atoms with van der Waals surface area (Å²) in [5, 5.41) is 0. The molecule has 0 unspecified atom stereocenters. The molecule has 0 fully saturated rings. The first-order chi connectivity index (χ1) is 12.9. The van der Waals surface area contributed by atoms with Crippen LogP contribution in [0.15, 0.2) is 70.6 Å². The van der Waals surface area contributed by atoms with Gasteiger partial charge in [0.2, 0.25) is 0 Å². The van der Waals surface area contributed by atoms with Crippen LogP contribution in [0.2, 0.25) is 0 Å². The first kappa shape index (κ1) is 18.7. The van der Waals surface area contributed by atoms with Crippen molar-refractivity contribution in [2.24, 2.45) is 9.98 Å². The molecule has 3 aromatic rings. The van der Waals surface area contributed by atoms with Crippen LogP contribution in [0.25, 0.3) is 0 Å². The van der Waals surface area contributed by atoms with Crippen LogP contribution in [0.3, 0.4) is 0 Å². The molecule has 0 aliphatic rings. The molecule has 0 amide bonds. The van der Waals surface area contributed by atoms with E-state index in [1.54, 1.807) is 0 Å². The fraction of sp³-hybridized carbons (Fsp3) is 0.208. The van der Waals surface area contributed by atoms with E-state index >= 15 is 0 Å². The topological polar surface area (TPSA) is 37.6 Å². The Balaban J connectivity index is 1.95. The highest BCUT2D eigenvalue weighted by atomic mass is 14.8. The first-order valence-electron chi connectivity index (χ1n) is 9.15. The molecule has 0 atom stereocenters. The Labute approximate surface area is 161 Å². The number of para-hydroxylation sites is 1. The standard InChI is InChI=1S/C24H25N3/c1-16-14-17(2)24(18(3)15-16)26-20(5)23-13-9-12-22(27-23)19(4)25-21-10-7-6-8-11-21/h6-15H,1-5H3. The monoisotopic (exact) mass is 355 g/mol. The second-order valence-electron chi connectivity index (χ2n) is 6.89. The van der Waals surface area contributed by atoms with E-state index in [-0.39, 0.29) is 0 Å². The van der Waals surface area contributed by atoms with Crippen molar-refractivity contribution in [1.29, 1.82) is 0 Å². The number of aliphatic imine (C=N–C) groups is 2. The molecule has 0 saturated heterocycles. The molecule has 0 aliphatic heterocycles. The summed E-state index contributed by atoms with van der Waals surface area (Å²) < 4.78 is 0. The molecule has 0 N–H and O–H groups in total. The van der Waals surface area contributed by atoms with Gasteiger partial charge in [-0.1, -0.05) is 42.0 Å². The lowest BCUT2D eigenvalue weighted by Crippen LogP contribution is -2.05. The van der Waals surface area contributed by atoms with Crippen molar-refractivity contribution in [1.82, 2.24) is 4.98 Å². The fourth-order valence-corrected chi connectivity index (χ4v) is 3.16. The van der Waals surface area contributed by atoms with Gasteiger partial charge in [-0.25, -0.2) is 4.98 Å². The van der Waals surface area contributed by atoms with Gasteiger partial charge >= 0.3 is 0 Å². The molecule has 136 valence electrons. The van der Waals surface area contributed by atoms with Gasteiger partial charge in [0.15, 0.2) is 0 Å². The number of aromatic nitrogens is 1. The molecule has 3 nitrogen and oxygen atoms in total. The highest BCUT2D eigenvalue weighted by Crippen LogP contribution is 2.26. The molecule has 2 aromatic carbocycles. The third-order valence-corrected chi connectivity index (χ3v) is 4.46. The van der Waals surface area contributed by atoms with Gasteiger partial charge in [-0.15, -0.1) is 0 Å². The zero-order chi connectivity index (χ0) is 19.4. The second kappa shape index (κ2) is 8.09. The molecule has 3 rings (SSSR count). The van der Waals surface area contributed by atoms with Crippen molar-refractivity contribution in [3.63, 3.8) is 0 Å². The Morgan fingerprint density at radius 2 is 1.26 bits per heavy atom. The molecule has 0 spiro atoms. The average molecular weight is 355 g/mol. The molecule has 0 aliphatic carbocycles. The van der Waals surface area contributed by atoms with Crippen LogP contribution in [0.5, 0.6) is 0 Å². The number of rotatable bonds is 4. The largest absolute Gasteiger partial charge is 0.252 e. The van der Waals surface area contributed by atoms with Crippen molar-refractivity contribution >= 4 is 22.8 Å². The minimum Gasteiger partial charge on any atom is -0.252 e. The van der Waals surface area contributed by atoms with E-state index in [1.165, 1.54) is 16.7 Å². The van der Waals surface area contributed by atoms with Crippen molar-refractivity contribution in [3.8, 4) is 0 Å². The third-order valence-electron chi connectivity index (χ3n) is 4.46. The van der Waals surface area contributed by atoms with Gasteiger partial charge in [-0.05, 0) is 70.0 Å². The molecule has 1 aromatic heterocycles. The van der Waals surface area contributed by atoms with E-state index in [4.69, 9.17) is 9.98 Å². The molecule has 0 bridgehead atoms. The second-order valence-corrected chi connectivity index (χ2v) is 6.89. The fourth-order valence-electron chi connectivity index (χ4n) is 3.16. The molecule has 3 heteroatoms. The predicted molar refractivity (Wildman–Crippen MR) is 115 cm³/mol. The van der Waals surface area contributed by atoms with Gasteiger partial charge in [0.05, 0.1) is 34.2 Å². The number of nitrogens with zero attached hydrogens (tertiary/aromatic N) is 3. The van der Waals surface area contributed by atoms with Crippen LogP contribution < -0.4 is 0 Å². The lowest BCUT2D eigenvalue weighted by atomic mass is 10.1. The Morgan fingerprint density at radius 3 is 1.85 bits per heavy atom. The average Bonchev–Trinajstić information content (AvgIpc) is 2.65. The van der Waals surface area contributed by atoms with Crippen LogP contribution in [-0.4, -0.2) is 16.4 Å². The summed E-state index contributed by atoms with van der Waals surface area (Å²) in [5.41, 5.74) is 9.11. The summed E-state index contributed by atoms with van der Waals surface area (Å²) in [6.45, 7) is 10.3. The number of pyridine rings is 1. The van der Waals surface area contributed by atoms with E-state index in [0.29, 0.717) is 0 Å². The van der Waals surface area contributed by atoms with E-state index in [2.05, 4.69) is 37.9 Å². The van der Waals surface area contributed by atoms with Crippen molar-refractivity contribution in [2.75, 3.05) is 0 Å². The third kappa shape index (κ3) is 4.56. The van der Waals surface area contributed by atoms with Crippen LogP contribution >= 0.6 is 0 Å². The summed E-state index contributed by atoms with van der Waals surface area (Å²) in [5.74, 6) is 0. The van der Waals surface area contributed by atoms with Gasteiger partial charge in [0.25, 0.3) is 0 Å². The molecule has 27 heavy (non-hydrogen) atoms. The highest BCUT2D eigenvalue weighted by molar-refractivity contribution is 6.02. The molecular formula is C24H25N3. The SMILES string of the molecule is CC(=Nc1ccccc1)c1cccc(C(C)=Nc2c(C)cc(C)cc2C)n1. The minimum atomic E-state index is 0.864. The Bertz CT molecular complexity index is 992. The first-order valence-corrected chi connectivity index (χ1v) is 9.15. The summed E-state index contributed by atoms with van der Waals surface area (Å²) in [4.78, 5) is 14.3. The van der Waals surface area contributed by atoms with E-state index in [0.717, 1.165) is 34.2 Å². The highest BCUT2D eigenvalue weighted by Gasteiger charge is 2.07. The van der Waals surface area contributed by atoms with Crippen molar-refractivity contribution in [3.05, 3.63) is 88.7 Å². The summed E-state index contributed by atoms with van der Waals surface area (Å²) in [6.07, 6.45) is 0. The summed E-state index contributed by atoms with van der Waals surface area (Å²) in [6, 6.07) is 20.3. The van der Waals surface area contributed by atoms with Gasteiger partial charge in [-0.3, -0.25) is 9.98 Å². The maximum Gasteiger partial charge on any atom is 0.0849 e. The summed E-state index contributed by atoms with van der Waals surface area (Å²) >= 11 is 0. The molecular weight excluding hydrogens is 330 g/mol. The van der Waals surface area contributed by atoms with Gasteiger partial charge in [0.1, 0.15) is 0 Å². The zero-order valence-corrected chi connectivity index (χ0v) is 16.6. The number of benzene rings is 2. The number of hydrogen-bond acceptors (Lipinski definition) is 3. The Kier molecular flexibility index (Phi) is 5.60. The zero-order valence-electron chi connectivity index (χ0n) is 16.6. The molecule has 0 radical (unpaired) electrons. The smallest absolute Gasteiger partial charge is 0.0849 e. The van der Waals surface area contributed by atoms with Gasteiger partial charge in [-0.2, -0.15) is 0 Å². The van der Waals surface area contributed by atoms with Crippen LogP contribution in [0.1, 0.15) is 41.9 Å². The van der Waals surface area contributed by atoms with Crippen LogP contribution in [0, 0.1) is 20.8 Å². The Morgan fingerprint density at radius 1 is 0.704 bits per heavy atom. The van der Waals surface area contributed by atoms with Gasteiger partial charge in [0, 0.05) is 0 Å². The van der Waals surface area contributed by atoms with Crippen molar-refractivity contribution < 1.29 is 0 Å². The minimum absolute atomic E-state index is 0.864. The number of hydrogen-bond donors (Lipinski definition) is 0. The normalized spacial score (nSPS) is 12.3. The van der Waals surface area contributed by atoms with Crippen molar-refractivity contribution in [2.45, 2.75) is 34.6 Å². The maximum atomic E-state index is 4.87. The van der Waals surface area contributed by atoms with Crippen LogP contribution in [-0.2, 0) is 0 Å². The molecule has 1 heterocycles. The molecule has 0 saturated carbocycles. The summed E-state index contributed by atoms with van der Waals surface area (Å²) in [7, 11) is 0. The Hall–Kier alpha value is -3.07. The van der Waals surface area contributed by atoms with E-state index < -0.39 is 0 Å². The quantitative estimate of drug-likeness (QED) is 0.507. The lowest BCUT2D eigenvalue weighted by molar-refractivity contribution is 1.23.